The number of anilines is 1. The predicted octanol–water partition coefficient (Wildman–Crippen LogP) is 5.36. The molecule has 1 saturated carbocycles. The summed E-state index contributed by atoms with van der Waals surface area (Å²) in [6, 6.07) is 9.71. The molecule has 0 saturated heterocycles. The first-order chi connectivity index (χ1) is 10.1. The van der Waals surface area contributed by atoms with E-state index in [-0.39, 0.29) is 5.91 Å². The van der Waals surface area contributed by atoms with E-state index in [9.17, 15) is 4.79 Å². The van der Waals surface area contributed by atoms with Crippen LogP contribution in [0.25, 0.3) is 0 Å². The van der Waals surface area contributed by atoms with E-state index >= 15 is 0 Å². The number of benzene rings is 1. The molecule has 0 aliphatic heterocycles. The number of rotatable bonds is 4. The molecular formula is C19H31NO. The van der Waals surface area contributed by atoms with Gasteiger partial charge in [0.2, 0.25) is 5.91 Å². The number of hydrogen-bond donors (Lipinski definition) is 1. The second-order valence-corrected chi connectivity index (χ2v) is 6.17. The second kappa shape index (κ2) is 8.86. The standard InChI is InChI=1S/C17H25NO.C2H6/c1-12-9-10-16(14(12)3)13(2)11-17(19)18-15-7-5-4-6-8-15;1-2/h4-8,12-14,16H,9-11H2,1-3H3,(H,18,19);1-2H3/t12-,13-,14-,16-;/m1./s1. The quantitative estimate of drug-likeness (QED) is 0.794. The average Bonchev–Trinajstić information content (AvgIpc) is 2.82. The van der Waals surface area contributed by atoms with Gasteiger partial charge in [0.05, 0.1) is 0 Å². The highest BCUT2D eigenvalue weighted by atomic mass is 16.1. The summed E-state index contributed by atoms with van der Waals surface area (Å²) >= 11 is 0. The summed E-state index contributed by atoms with van der Waals surface area (Å²) < 4.78 is 0. The van der Waals surface area contributed by atoms with E-state index in [0.717, 1.165) is 17.5 Å². The molecule has 0 spiro atoms. The highest BCUT2D eigenvalue weighted by molar-refractivity contribution is 5.90. The van der Waals surface area contributed by atoms with Gasteiger partial charge in [-0.05, 0) is 42.2 Å². The first-order valence-electron chi connectivity index (χ1n) is 8.43. The third-order valence-corrected chi connectivity index (χ3v) is 4.82. The van der Waals surface area contributed by atoms with E-state index in [0.29, 0.717) is 18.3 Å². The molecule has 0 unspecified atom stereocenters. The summed E-state index contributed by atoms with van der Waals surface area (Å²) in [4.78, 5) is 12.1. The Labute approximate surface area is 130 Å². The molecule has 1 amide bonds. The first-order valence-corrected chi connectivity index (χ1v) is 8.43. The van der Waals surface area contributed by atoms with Crippen molar-refractivity contribution in [3.8, 4) is 0 Å². The van der Waals surface area contributed by atoms with Gasteiger partial charge in [0.25, 0.3) is 0 Å². The van der Waals surface area contributed by atoms with Gasteiger partial charge in [-0.25, -0.2) is 0 Å². The van der Waals surface area contributed by atoms with Gasteiger partial charge in [-0.3, -0.25) is 4.79 Å². The van der Waals surface area contributed by atoms with Crippen molar-refractivity contribution in [1.29, 1.82) is 0 Å². The summed E-state index contributed by atoms with van der Waals surface area (Å²) in [6.07, 6.45) is 3.23. The van der Waals surface area contributed by atoms with Gasteiger partial charge in [0, 0.05) is 12.1 Å². The fourth-order valence-electron chi connectivity index (χ4n) is 3.38. The zero-order valence-corrected chi connectivity index (χ0v) is 14.2. The van der Waals surface area contributed by atoms with Crippen molar-refractivity contribution in [2.75, 3.05) is 5.32 Å². The Bertz CT molecular complexity index is 415. The maximum absolute atomic E-state index is 12.1. The third-order valence-electron chi connectivity index (χ3n) is 4.82. The molecule has 1 aromatic rings. The molecular weight excluding hydrogens is 258 g/mol. The van der Waals surface area contributed by atoms with E-state index in [4.69, 9.17) is 0 Å². The number of carbonyl (C=O) groups excluding carboxylic acids is 1. The van der Waals surface area contributed by atoms with Gasteiger partial charge < -0.3 is 5.32 Å². The summed E-state index contributed by atoms with van der Waals surface area (Å²) in [7, 11) is 0. The topological polar surface area (TPSA) is 29.1 Å². The van der Waals surface area contributed by atoms with Crippen molar-refractivity contribution in [2.24, 2.45) is 23.7 Å². The van der Waals surface area contributed by atoms with Crippen molar-refractivity contribution in [2.45, 2.75) is 53.9 Å². The molecule has 118 valence electrons. The van der Waals surface area contributed by atoms with Gasteiger partial charge in [-0.1, -0.05) is 59.2 Å². The van der Waals surface area contributed by atoms with Crippen LogP contribution in [0.4, 0.5) is 5.69 Å². The molecule has 2 heteroatoms. The molecule has 0 heterocycles. The Kier molecular flexibility index (Phi) is 7.49. The molecule has 1 aromatic carbocycles. The summed E-state index contributed by atoms with van der Waals surface area (Å²) in [5, 5.41) is 2.98. The Balaban J connectivity index is 0.00000106. The SMILES string of the molecule is CC.C[C@H]1[C@@H]([C@H](C)CC(=O)Nc2ccccc2)CC[C@H]1C. The Morgan fingerprint density at radius 1 is 1.19 bits per heavy atom. The normalized spacial score (nSPS) is 25.7. The lowest BCUT2D eigenvalue weighted by molar-refractivity contribution is -0.117. The molecule has 1 aliphatic carbocycles. The fourth-order valence-corrected chi connectivity index (χ4v) is 3.38. The van der Waals surface area contributed by atoms with Crippen LogP contribution >= 0.6 is 0 Å². The maximum Gasteiger partial charge on any atom is 0.224 e. The number of para-hydroxylation sites is 1. The van der Waals surface area contributed by atoms with Crippen LogP contribution in [-0.4, -0.2) is 5.91 Å². The zero-order chi connectivity index (χ0) is 15.8. The van der Waals surface area contributed by atoms with Crippen LogP contribution in [0.5, 0.6) is 0 Å². The van der Waals surface area contributed by atoms with Crippen LogP contribution in [0, 0.1) is 23.7 Å². The lowest BCUT2D eigenvalue weighted by Crippen LogP contribution is -2.22. The van der Waals surface area contributed by atoms with Gasteiger partial charge in [-0.15, -0.1) is 0 Å². The minimum atomic E-state index is 0.144. The molecule has 1 N–H and O–H groups in total. The van der Waals surface area contributed by atoms with Crippen LogP contribution < -0.4 is 5.32 Å². The highest BCUT2D eigenvalue weighted by Crippen LogP contribution is 2.41. The number of nitrogens with one attached hydrogen (secondary N) is 1. The molecule has 1 aliphatic rings. The number of hydrogen-bond acceptors (Lipinski definition) is 1. The molecule has 2 nitrogen and oxygen atoms in total. The molecule has 0 bridgehead atoms. The molecule has 0 aromatic heterocycles. The van der Waals surface area contributed by atoms with E-state index in [1.165, 1.54) is 12.8 Å². The highest BCUT2D eigenvalue weighted by Gasteiger charge is 2.33. The summed E-state index contributed by atoms with van der Waals surface area (Å²) in [5.41, 5.74) is 0.896. The maximum atomic E-state index is 12.1. The van der Waals surface area contributed by atoms with E-state index in [1.54, 1.807) is 0 Å². The van der Waals surface area contributed by atoms with Gasteiger partial charge >= 0.3 is 0 Å². The lowest BCUT2D eigenvalue weighted by atomic mass is 9.82. The van der Waals surface area contributed by atoms with Crippen molar-refractivity contribution < 1.29 is 4.79 Å². The molecule has 21 heavy (non-hydrogen) atoms. The second-order valence-electron chi connectivity index (χ2n) is 6.17. The van der Waals surface area contributed by atoms with Crippen LogP contribution in [0.1, 0.15) is 53.9 Å². The molecule has 1 fully saturated rings. The van der Waals surface area contributed by atoms with Crippen LogP contribution in [0.15, 0.2) is 30.3 Å². The predicted molar refractivity (Wildman–Crippen MR) is 91.3 cm³/mol. The average molecular weight is 289 g/mol. The van der Waals surface area contributed by atoms with Crippen LogP contribution in [0.3, 0.4) is 0 Å². The monoisotopic (exact) mass is 289 g/mol. The third kappa shape index (κ3) is 5.18. The van der Waals surface area contributed by atoms with E-state index in [2.05, 4.69) is 26.1 Å². The molecule has 2 rings (SSSR count). The smallest absolute Gasteiger partial charge is 0.224 e. The number of carbonyl (C=O) groups is 1. The largest absolute Gasteiger partial charge is 0.326 e. The van der Waals surface area contributed by atoms with Crippen molar-refractivity contribution in [3.63, 3.8) is 0 Å². The van der Waals surface area contributed by atoms with Crippen molar-refractivity contribution >= 4 is 11.6 Å². The van der Waals surface area contributed by atoms with Gasteiger partial charge in [0.1, 0.15) is 0 Å². The van der Waals surface area contributed by atoms with E-state index in [1.807, 2.05) is 44.2 Å². The minimum Gasteiger partial charge on any atom is -0.326 e. The fraction of sp³-hybridized carbons (Fsp3) is 0.632. The Morgan fingerprint density at radius 3 is 2.33 bits per heavy atom. The Hall–Kier alpha value is -1.31. The minimum absolute atomic E-state index is 0.144. The van der Waals surface area contributed by atoms with Crippen LogP contribution in [-0.2, 0) is 4.79 Å². The Morgan fingerprint density at radius 2 is 1.81 bits per heavy atom. The number of amides is 1. The summed E-state index contributed by atoms with van der Waals surface area (Å²) in [5.74, 6) is 2.88. The van der Waals surface area contributed by atoms with Crippen molar-refractivity contribution in [3.05, 3.63) is 30.3 Å². The zero-order valence-electron chi connectivity index (χ0n) is 14.2. The van der Waals surface area contributed by atoms with E-state index < -0.39 is 0 Å². The lowest BCUT2D eigenvalue weighted by Gasteiger charge is -2.24. The molecule has 0 radical (unpaired) electrons. The van der Waals surface area contributed by atoms with Crippen molar-refractivity contribution in [1.82, 2.24) is 0 Å². The summed E-state index contributed by atoms with van der Waals surface area (Å²) in [6.45, 7) is 10.9. The van der Waals surface area contributed by atoms with Crippen LogP contribution in [0.2, 0.25) is 0 Å². The van der Waals surface area contributed by atoms with Gasteiger partial charge in [-0.2, -0.15) is 0 Å². The first kappa shape index (κ1) is 17.7. The van der Waals surface area contributed by atoms with Gasteiger partial charge in [0.15, 0.2) is 0 Å². The molecule has 4 atom stereocenters.